The van der Waals surface area contributed by atoms with Gasteiger partial charge < -0.3 is 40.9 Å². The molecule has 3 heterocycles. The van der Waals surface area contributed by atoms with Crippen molar-refractivity contribution < 1.29 is 24.2 Å². The summed E-state index contributed by atoms with van der Waals surface area (Å²) in [6, 6.07) is 4.41. The van der Waals surface area contributed by atoms with Gasteiger partial charge in [-0.2, -0.15) is 4.98 Å². The fourth-order valence-electron chi connectivity index (χ4n) is 6.51. The first-order valence-corrected chi connectivity index (χ1v) is 15.6. The fourth-order valence-corrected chi connectivity index (χ4v) is 6.51. The van der Waals surface area contributed by atoms with Crippen molar-refractivity contribution in [1.29, 1.82) is 0 Å². The summed E-state index contributed by atoms with van der Waals surface area (Å²) < 4.78 is 5.64. The Balaban J connectivity index is 1.25. The highest BCUT2D eigenvalue weighted by atomic mass is 16.5. The molecule has 5 rings (SSSR count). The Hall–Kier alpha value is -3.97. The molecule has 13 nitrogen and oxygen atoms in total. The molecule has 2 fully saturated rings. The summed E-state index contributed by atoms with van der Waals surface area (Å²) in [6.45, 7) is 4.20. The Morgan fingerprint density at radius 3 is 2.57 bits per heavy atom. The number of methoxy groups -OCH3 is 1. The van der Waals surface area contributed by atoms with Crippen molar-refractivity contribution in [1.82, 2.24) is 20.2 Å². The Bertz CT molecular complexity index is 1360. The number of hydrogen-bond donors (Lipinski definition) is 4. The number of rotatable bonds is 11. The highest BCUT2D eigenvalue weighted by Gasteiger charge is 2.41. The van der Waals surface area contributed by atoms with E-state index in [0.717, 1.165) is 57.4 Å². The van der Waals surface area contributed by atoms with E-state index in [-0.39, 0.29) is 29.9 Å². The molecule has 1 aromatic carbocycles. The van der Waals surface area contributed by atoms with Crippen molar-refractivity contribution >= 4 is 40.9 Å². The van der Waals surface area contributed by atoms with Crippen LogP contribution in [0.4, 0.5) is 23.1 Å². The third-order valence-electron chi connectivity index (χ3n) is 9.12. The molecule has 1 saturated carbocycles. The SMILES string of the molecule is CCC1C(=O)N(C)c2cnc(Nc3ccc(C(=O)NC4CCN(CCC(N)C(=O)O)CC4)cc3OC)nc2N1C1CCCC1. The number of fused-ring (bicyclic) bond motifs is 1. The van der Waals surface area contributed by atoms with E-state index in [1.807, 2.05) is 6.92 Å². The van der Waals surface area contributed by atoms with Gasteiger partial charge in [-0.1, -0.05) is 19.8 Å². The Morgan fingerprint density at radius 1 is 1.18 bits per heavy atom. The van der Waals surface area contributed by atoms with Crippen molar-refractivity contribution in [3.63, 3.8) is 0 Å². The lowest BCUT2D eigenvalue weighted by atomic mass is 10.0. The monoisotopic (exact) mass is 608 g/mol. The second-order valence-electron chi connectivity index (χ2n) is 11.9. The van der Waals surface area contributed by atoms with Crippen molar-refractivity contribution in [3.8, 4) is 5.75 Å². The molecule has 1 saturated heterocycles. The lowest BCUT2D eigenvalue weighted by Gasteiger charge is -2.43. The lowest BCUT2D eigenvalue weighted by Crippen LogP contribution is -2.55. The topological polar surface area (TPSA) is 166 Å². The van der Waals surface area contributed by atoms with Crippen molar-refractivity contribution in [2.24, 2.45) is 5.73 Å². The van der Waals surface area contributed by atoms with Crippen molar-refractivity contribution in [3.05, 3.63) is 30.0 Å². The summed E-state index contributed by atoms with van der Waals surface area (Å²) in [5.74, 6) is 0.523. The molecule has 2 unspecified atom stereocenters. The number of aromatic nitrogens is 2. The van der Waals surface area contributed by atoms with Crippen LogP contribution in [0.5, 0.6) is 5.75 Å². The lowest BCUT2D eigenvalue weighted by molar-refractivity contribution is -0.138. The first-order valence-electron chi connectivity index (χ1n) is 15.6. The van der Waals surface area contributed by atoms with E-state index in [0.29, 0.717) is 48.0 Å². The summed E-state index contributed by atoms with van der Waals surface area (Å²) in [5.41, 5.74) is 7.42. The average molecular weight is 609 g/mol. The Morgan fingerprint density at radius 2 is 1.91 bits per heavy atom. The quantitative estimate of drug-likeness (QED) is 0.296. The number of anilines is 4. The number of hydrogen-bond acceptors (Lipinski definition) is 10. The molecule has 2 amide bonds. The zero-order chi connectivity index (χ0) is 31.4. The van der Waals surface area contributed by atoms with E-state index in [4.69, 9.17) is 20.6 Å². The summed E-state index contributed by atoms with van der Waals surface area (Å²) in [7, 11) is 3.33. The number of nitrogens with one attached hydrogen (secondary N) is 2. The van der Waals surface area contributed by atoms with Gasteiger partial charge in [0.1, 0.15) is 23.5 Å². The van der Waals surface area contributed by atoms with Gasteiger partial charge in [-0.3, -0.25) is 14.4 Å². The van der Waals surface area contributed by atoms with Crippen molar-refractivity contribution in [2.45, 2.75) is 82.5 Å². The zero-order valence-corrected chi connectivity index (χ0v) is 25.8. The minimum absolute atomic E-state index is 0.0272. The number of likely N-dealkylation sites (N-methyl/N-ethyl adjacent to an activating group) is 1. The number of carbonyl (C=O) groups is 3. The standard InChI is InChI=1S/C31H44N8O5/c1-4-24-29(41)37(2)25-18-33-31(36-27(25)39(24)21-7-5-6-8-21)35-23-10-9-19(17-26(23)44-3)28(40)34-20-11-14-38(15-12-20)16-13-22(32)30(42)43/h9-10,17-18,20-22,24H,4-8,11-16,32H2,1-3H3,(H,34,40)(H,42,43)(H,33,35,36). The summed E-state index contributed by atoms with van der Waals surface area (Å²) >= 11 is 0. The highest BCUT2D eigenvalue weighted by Crippen LogP contribution is 2.40. The normalized spacial score (nSPS) is 20.4. The zero-order valence-electron chi connectivity index (χ0n) is 25.8. The van der Waals surface area contributed by atoms with Gasteiger partial charge in [0.05, 0.1) is 19.0 Å². The van der Waals surface area contributed by atoms with Crippen LogP contribution in [0.25, 0.3) is 0 Å². The first kappa shape index (κ1) is 31.5. The molecule has 3 aliphatic rings. The minimum atomic E-state index is -0.986. The van der Waals surface area contributed by atoms with Gasteiger partial charge in [-0.25, -0.2) is 4.98 Å². The molecule has 13 heteroatoms. The van der Waals surface area contributed by atoms with Crippen LogP contribution in [-0.4, -0.2) is 95.7 Å². The van der Waals surface area contributed by atoms with Gasteiger partial charge in [0, 0.05) is 44.3 Å². The first-order chi connectivity index (χ1) is 21.2. The molecular weight excluding hydrogens is 564 g/mol. The van der Waals surface area contributed by atoms with Crippen molar-refractivity contribution in [2.75, 3.05) is 48.9 Å². The maximum Gasteiger partial charge on any atom is 0.320 e. The minimum Gasteiger partial charge on any atom is -0.495 e. The van der Waals surface area contributed by atoms with Gasteiger partial charge >= 0.3 is 5.97 Å². The van der Waals surface area contributed by atoms with E-state index < -0.39 is 12.0 Å². The molecule has 238 valence electrons. The molecule has 0 bridgehead atoms. The van der Waals surface area contributed by atoms with Gasteiger partial charge in [0.25, 0.3) is 5.91 Å². The van der Waals surface area contributed by atoms with Crippen LogP contribution < -0.4 is 30.9 Å². The Labute approximate surface area is 258 Å². The molecule has 1 aromatic heterocycles. The molecule has 0 radical (unpaired) electrons. The van der Waals surface area contributed by atoms with Crippen LogP contribution in [-0.2, 0) is 9.59 Å². The summed E-state index contributed by atoms with van der Waals surface area (Å²) in [5, 5.41) is 15.4. The third-order valence-corrected chi connectivity index (χ3v) is 9.12. The number of carboxylic acids is 1. The van der Waals surface area contributed by atoms with Crippen LogP contribution in [0.1, 0.15) is 68.6 Å². The van der Waals surface area contributed by atoms with E-state index >= 15 is 0 Å². The number of nitrogens with zero attached hydrogens (tertiary/aromatic N) is 5. The number of amides is 2. The molecular formula is C31H44N8O5. The predicted octanol–water partition coefficient (Wildman–Crippen LogP) is 2.73. The van der Waals surface area contributed by atoms with Crippen LogP contribution in [0.15, 0.2) is 24.4 Å². The average Bonchev–Trinajstić information content (AvgIpc) is 3.56. The second kappa shape index (κ2) is 13.8. The number of carbonyl (C=O) groups excluding carboxylic acids is 2. The van der Waals surface area contributed by atoms with E-state index in [1.165, 1.54) is 0 Å². The maximum atomic E-state index is 13.2. The van der Waals surface area contributed by atoms with Gasteiger partial charge in [-0.05, 0) is 56.7 Å². The van der Waals surface area contributed by atoms with Crippen LogP contribution in [0.2, 0.25) is 0 Å². The number of likely N-dealkylation sites (tertiary alicyclic amines) is 1. The smallest absolute Gasteiger partial charge is 0.320 e. The maximum absolute atomic E-state index is 13.2. The number of benzene rings is 1. The van der Waals surface area contributed by atoms with E-state index in [2.05, 4.69) is 25.4 Å². The number of piperidine rings is 1. The fraction of sp³-hybridized carbons (Fsp3) is 0.581. The van der Waals surface area contributed by atoms with Gasteiger partial charge in [-0.15, -0.1) is 0 Å². The largest absolute Gasteiger partial charge is 0.495 e. The predicted molar refractivity (Wildman–Crippen MR) is 168 cm³/mol. The summed E-state index contributed by atoms with van der Waals surface area (Å²) in [6.07, 6.45) is 8.71. The van der Waals surface area contributed by atoms with Gasteiger partial charge in [0.15, 0.2) is 5.82 Å². The van der Waals surface area contributed by atoms with Crippen LogP contribution >= 0.6 is 0 Å². The second-order valence-corrected chi connectivity index (χ2v) is 11.9. The van der Waals surface area contributed by atoms with Crippen LogP contribution in [0, 0.1) is 0 Å². The van der Waals surface area contributed by atoms with Crippen LogP contribution in [0.3, 0.4) is 0 Å². The molecule has 2 aromatic rings. The molecule has 44 heavy (non-hydrogen) atoms. The number of nitrogens with two attached hydrogens (primary N) is 1. The molecule has 2 aliphatic heterocycles. The number of carboxylic acid groups (broad SMARTS) is 1. The van der Waals surface area contributed by atoms with Gasteiger partial charge in [0.2, 0.25) is 11.9 Å². The van der Waals surface area contributed by atoms with E-state index in [1.54, 1.807) is 43.5 Å². The van der Waals surface area contributed by atoms with E-state index in [9.17, 15) is 14.4 Å². The molecule has 5 N–H and O–H groups in total. The number of ether oxygens (including phenoxy) is 1. The Kier molecular flexibility index (Phi) is 9.84. The molecule has 2 atom stereocenters. The third kappa shape index (κ3) is 6.73. The molecule has 0 spiro atoms. The summed E-state index contributed by atoms with van der Waals surface area (Å²) in [4.78, 5) is 52.7. The molecule has 1 aliphatic carbocycles. The highest BCUT2D eigenvalue weighted by molar-refractivity contribution is 6.04. The number of aliphatic carboxylic acids is 1.